The van der Waals surface area contributed by atoms with E-state index in [9.17, 15) is 9.59 Å². The van der Waals surface area contributed by atoms with Crippen LogP contribution in [-0.2, 0) is 9.59 Å². The number of nitrogens with zero attached hydrogens (tertiary/aromatic N) is 1. The maximum absolute atomic E-state index is 12.0. The van der Waals surface area contributed by atoms with Gasteiger partial charge in [-0.25, -0.2) is 0 Å². The SMILES string of the molecule is C[C@H](NCC(=O)N1CCNC(=O)C1)c1ccc(Cl)cc1. The molecule has 0 saturated carbocycles. The molecule has 6 heteroatoms. The van der Waals surface area contributed by atoms with Crippen LogP contribution in [-0.4, -0.2) is 42.9 Å². The predicted molar refractivity (Wildman–Crippen MR) is 77.5 cm³/mol. The fraction of sp³-hybridized carbons (Fsp3) is 0.429. The minimum atomic E-state index is -0.102. The second-order valence-electron chi connectivity index (χ2n) is 4.82. The van der Waals surface area contributed by atoms with Gasteiger partial charge < -0.3 is 15.5 Å². The first kappa shape index (κ1) is 14.8. The molecule has 1 fully saturated rings. The Morgan fingerprint density at radius 1 is 1.45 bits per heavy atom. The Balaban J connectivity index is 1.83. The molecule has 1 saturated heterocycles. The molecule has 0 unspecified atom stereocenters. The number of hydrogen-bond donors (Lipinski definition) is 2. The molecule has 108 valence electrons. The smallest absolute Gasteiger partial charge is 0.239 e. The van der Waals surface area contributed by atoms with E-state index >= 15 is 0 Å². The van der Waals surface area contributed by atoms with E-state index in [0.29, 0.717) is 18.1 Å². The van der Waals surface area contributed by atoms with Crippen LogP contribution in [0.4, 0.5) is 0 Å². The van der Waals surface area contributed by atoms with Crippen LogP contribution in [0.15, 0.2) is 24.3 Å². The van der Waals surface area contributed by atoms with Gasteiger partial charge in [0.15, 0.2) is 0 Å². The predicted octanol–water partition coefficient (Wildman–Crippen LogP) is 0.949. The zero-order chi connectivity index (χ0) is 14.5. The Bertz CT molecular complexity index is 490. The van der Waals surface area contributed by atoms with Gasteiger partial charge in [0.25, 0.3) is 0 Å². The molecule has 1 aliphatic heterocycles. The number of hydrogen-bond acceptors (Lipinski definition) is 3. The van der Waals surface area contributed by atoms with E-state index in [1.165, 1.54) is 0 Å². The van der Waals surface area contributed by atoms with Gasteiger partial charge in [-0.15, -0.1) is 0 Å². The highest BCUT2D eigenvalue weighted by molar-refractivity contribution is 6.30. The van der Waals surface area contributed by atoms with Crippen molar-refractivity contribution < 1.29 is 9.59 Å². The second-order valence-corrected chi connectivity index (χ2v) is 5.26. The standard InChI is InChI=1S/C14H18ClN3O2/c1-10(11-2-4-12(15)5-3-11)17-8-14(20)18-7-6-16-13(19)9-18/h2-5,10,17H,6-9H2,1H3,(H,16,19)/t10-/m0/s1. The average molecular weight is 296 g/mol. The van der Waals surface area contributed by atoms with E-state index in [-0.39, 0.29) is 30.9 Å². The molecule has 5 nitrogen and oxygen atoms in total. The number of carbonyl (C=O) groups excluding carboxylic acids is 2. The highest BCUT2D eigenvalue weighted by Gasteiger charge is 2.21. The van der Waals surface area contributed by atoms with Crippen molar-refractivity contribution in [3.8, 4) is 0 Å². The van der Waals surface area contributed by atoms with Gasteiger partial charge in [0, 0.05) is 24.2 Å². The summed E-state index contributed by atoms with van der Waals surface area (Å²) in [6, 6.07) is 7.56. The third-order valence-electron chi connectivity index (χ3n) is 3.32. The number of benzene rings is 1. The first-order valence-electron chi connectivity index (χ1n) is 6.59. The zero-order valence-electron chi connectivity index (χ0n) is 11.4. The Hall–Kier alpha value is -1.59. The van der Waals surface area contributed by atoms with Crippen LogP contribution in [0.25, 0.3) is 0 Å². The van der Waals surface area contributed by atoms with Crippen molar-refractivity contribution in [3.63, 3.8) is 0 Å². The highest BCUT2D eigenvalue weighted by Crippen LogP contribution is 2.15. The van der Waals surface area contributed by atoms with E-state index in [4.69, 9.17) is 11.6 Å². The van der Waals surface area contributed by atoms with Crippen LogP contribution in [0.1, 0.15) is 18.5 Å². The van der Waals surface area contributed by atoms with E-state index in [1.807, 2.05) is 31.2 Å². The lowest BCUT2D eigenvalue weighted by atomic mass is 10.1. The molecule has 0 spiro atoms. The molecule has 0 bridgehead atoms. The molecular formula is C14H18ClN3O2. The topological polar surface area (TPSA) is 61.4 Å². The van der Waals surface area contributed by atoms with E-state index in [0.717, 1.165) is 5.56 Å². The molecule has 2 rings (SSSR count). The summed E-state index contributed by atoms with van der Waals surface area (Å²) in [7, 11) is 0. The van der Waals surface area contributed by atoms with Crippen LogP contribution >= 0.6 is 11.6 Å². The fourth-order valence-electron chi connectivity index (χ4n) is 2.07. The number of piperazine rings is 1. The molecule has 1 atom stereocenters. The lowest BCUT2D eigenvalue weighted by Crippen LogP contribution is -2.52. The van der Waals surface area contributed by atoms with Crippen molar-refractivity contribution in [3.05, 3.63) is 34.9 Å². The van der Waals surface area contributed by atoms with Crippen LogP contribution in [0.5, 0.6) is 0 Å². The Morgan fingerprint density at radius 3 is 2.80 bits per heavy atom. The molecule has 0 aliphatic carbocycles. The molecule has 1 aromatic carbocycles. The summed E-state index contributed by atoms with van der Waals surface area (Å²) in [6.45, 7) is 3.45. The van der Waals surface area contributed by atoms with Gasteiger partial charge in [-0.1, -0.05) is 23.7 Å². The summed E-state index contributed by atoms with van der Waals surface area (Å²) in [5.74, 6) is -0.156. The number of carbonyl (C=O) groups is 2. The van der Waals surface area contributed by atoms with Gasteiger partial charge in [-0.3, -0.25) is 9.59 Å². The van der Waals surface area contributed by atoms with Gasteiger partial charge in [0.1, 0.15) is 0 Å². The van der Waals surface area contributed by atoms with Crippen molar-refractivity contribution in [2.45, 2.75) is 13.0 Å². The number of halogens is 1. The lowest BCUT2D eigenvalue weighted by Gasteiger charge is -2.27. The van der Waals surface area contributed by atoms with Crippen molar-refractivity contribution in [2.24, 2.45) is 0 Å². The number of nitrogens with one attached hydrogen (secondary N) is 2. The minimum absolute atomic E-state index is 0.0508. The van der Waals surface area contributed by atoms with Crippen molar-refractivity contribution in [2.75, 3.05) is 26.2 Å². The van der Waals surface area contributed by atoms with Gasteiger partial charge in [-0.2, -0.15) is 0 Å². The molecular weight excluding hydrogens is 278 g/mol. The minimum Gasteiger partial charge on any atom is -0.353 e. The molecule has 2 N–H and O–H groups in total. The van der Waals surface area contributed by atoms with Gasteiger partial charge in [-0.05, 0) is 24.6 Å². The maximum Gasteiger partial charge on any atom is 0.239 e. The highest BCUT2D eigenvalue weighted by atomic mass is 35.5. The third kappa shape index (κ3) is 3.95. The van der Waals surface area contributed by atoms with Gasteiger partial charge in [0.2, 0.25) is 11.8 Å². The Labute approximate surface area is 123 Å². The number of rotatable bonds is 4. The first-order chi connectivity index (χ1) is 9.56. The third-order valence-corrected chi connectivity index (χ3v) is 3.57. The van der Waals surface area contributed by atoms with Gasteiger partial charge >= 0.3 is 0 Å². The van der Waals surface area contributed by atoms with Crippen LogP contribution in [0.2, 0.25) is 5.02 Å². The first-order valence-corrected chi connectivity index (χ1v) is 6.97. The summed E-state index contributed by atoms with van der Waals surface area (Å²) >= 11 is 5.84. The summed E-state index contributed by atoms with van der Waals surface area (Å²) in [5.41, 5.74) is 1.07. The maximum atomic E-state index is 12.0. The Kier molecular flexibility index (Phi) is 4.98. The molecule has 1 heterocycles. The average Bonchev–Trinajstić information content (AvgIpc) is 2.45. The van der Waals surface area contributed by atoms with E-state index in [2.05, 4.69) is 10.6 Å². The molecule has 0 radical (unpaired) electrons. The molecule has 1 aromatic rings. The summed E-state index contributed by atoms with van der Waals surface area (Å²) < 4.78 is 0. The van der Waals surface area contributed by atoms with E-state index < -0.39 is 0 Å². The summed E-state index contributed by atoms with van der Waals surface area (Å²) in [4.78, 5) is 24.8. The second kappa shape index (κ2) is 6.72. The van der Waals surface area contributed by atoms with E-state index in [1.54, 1.807) is 4.90 Å². The van der Waals surface area contributed by atoms with Crippen molar-refractivity contribution in [1.29, 1.82) is 0 Å². The Morgan fingerprint density at radius 2 is 2.15 bits per heavy atom. The van der Waals surface area contributed by atoms with Crippen LogP contribution < -0.4 is 10.6 Å². The quantitative estimate of drug-likeness (QED) is 0.869. The monoisotopic (exact) mass is 295 g/mol. The molecule has 1 aliphatic rings. The number of amides is 2. The van der Waals surface area contributed by atoms with Gasteiger partial charge in [0.05, 0.1) is 13.1 Å². The molecule has 20 heavy (non-hydrogen) atoms. The van der Waals surface area contributed by atoms with Crippen LogP contribution in [0.3, 0.4) is 0 Å². The summed E-state index contributed by atoms with van der Waals surface area (Å²) in [5, 5.41) is 6.55. The largest absolute Gasteiger partial charge is 0.353 e. The van der Waals surface area contributed by atoms with Crippen LogP contribution in [0, 0.1) is 0 Å². The summed E-state index contributed by atoms with van der Waals surface area (Å²) in [6.07, 6.45) is 0. The fourth-order valence-corrected chi connectivity index (χ4v) is 2.20. The normalized spacial score (nSPS) is 16.7. The van der Waals surface area contributed by atoms with Crippen molar-refractivity contribution in [1.82, 2.24) is 15.5 Å². The molecule has 0 aromatic heterocycles. The zero-order valence-corrected chi connectivity index (χ0v) is 12.1. The molecule has 2 amide bonds. The van der Waals surface area contributed by atoms with Crippen molar-refractivity contribution >= 4 is 23.4 Å². The lowest BCUT2D eigenvalue weighted by molar-refractivity contribution is -0.137.